The van der Waals surface area contributed by atoms with Crippen LogP contribution in [-0.4, -0.2) is 12.6 Å². The minimum atomic E-state index is -0.0580. The first-order chi connectivity index (χ1) is 7.92. The van der Waals surface area contributed by atoms with Gasteiger partial charge in [-0.15, -0.1) is 0 Å². The molecule has 0 amide bonds. The molecule has 0 aromatic heterocycles. The van der Waals surface area contributed by atoms with E-state index < -0.39 is 0 Å². The number of unbranched alkanes of at least 4 members (excludes halogenated alkanes) is 1. The van der Waals surface area contributed by atoms with Crippen LogP contribution in [0.4, 0.5) is 0 Å². The molecule has 0 heterocycles. The van der Waals surface area contributed by atoms with E-state index in [2.05, 4.69) is 19.9 Å². The van der Waals surface area contributed by atoms with Crippen molar-refractivity contribution in [1.82, 2.24) is 0 Å². The summed E-state index contributed by atoms with van der Waals surface area (Å²) in [7, 11) is 1.63. The van der Waals surface area contributed by atoms with E-state index in [1.165, 1.54) is 5.56 Å². The average Bonchev–Trinajstić information content (AvgIpc) is 2.23. The van der Waals surface area contributed by atoms with Crippen LogP contribution in [0.1, 0.15) is 38.7 Å². The van der Waals surface area contributed by atoms with Crippen molar-refractivity contribution in [1.29, 1.82) is 0 Å². The van der Waals surface area contributed by atoms with E-state index in [0.29, 0.717) is 5.02 Å². The van der Waals surface area contributed by atoms with E-state index in [1.54, 1.807) is 7.11 Å². The molecule has 0 atom stereocenters. The fraction of sp³-hybridized carbons (Fsp3) is 0.571. The molecule has 0 fully saturated rings. The molecule has 96 valence electrons. The Morgan fingerprint density at radius 1 is 1.29 bits per heavy atom. The number of nitrogens with two attached hydrogens (primary N) is 1. The van der Waals surface area contributed by atoms with Gasteiger partial charge in [0.2, 0.25) is 0 Å². The van der Waals surface area contributed by atoms with Gasteiger partial charge in [0.25, 0.3) is 0 Å². The van der Waals surface area contributed by atoms with Crippen LogP contribution >= 0.6 is 11.6 Å². The van der Waals surface area contributed by atoms with Gasteiger partial charge in [-0.1, -0.05) is 24.1 Å². The van der Waals surface area contributed by atoms with Crippen LogP contribution in [-0.2, 0) is 6.42 Å². The molecule has 0 unspecified atom stereocenters. The zero-order valence-corrected chi connectivity index (χ0v) is 11.7. The first-order valence-corrected chi connectivity index (χ1v) is 6.41. The van der Waals surface area contributed by atoms with Gasteiger partial charge < -0.3 is 10.5 Å². The molecule has 0 saturated carbocycles. The molecule has 2 N–H and O–H groups in total. The summed E-state index contributed by atoms with van der Waals surface area (Å²) < 4.78 is 5.12. The smallest absolute Gasteiger partial charge is 0.137 e. The minimum Gasteiger partial charge on any atom is -0.495 e. The number of benzene rings is 1. The van der Waals surface area contributed by atoms with E-state index >= 15 is 0 Å². The summed E-state index contributed by atoms with van der Waals surface area (Å²) in [5, 5.41) is 0.684. The lowest BCUT2D eigenvalue weighted by atomic mass is 9.97. The zero-order chi connectivity index (χ0) is 12.9. The van der Waals surface area contributed by atoms with Gasteiger partial charge in [0.1, 0.15) is 5.75 Å². The fourth-order valence-corrected chi connectivity index (χ4v) is 2.06. The van der Waals surface area contributed by atoms with E-state index in [9.17, 15) is 0 Å². The first kappa shape index (κ1) is 14.3. The average molecular weight is 256 g/mol. The summed E-state index contributed by atoms with van der Waals surface area (Å²) in [6, 6.07) is 5.97. The highest BCUT2D eigenvalue weighted by Crippen LogP contribution is 2.25. The molecule has 0 aliphatic rings. The number of rotatable bonds is 6. The Balaban J connectivity index is 2.40. The second-order valence-electron chi connectivity index (χ2n) is 5.16. The van der Waals surface area contributed by atoms with Crippen LogP contribution in [0.5, 0.6) is 5.75 Å². The maximum Gasteiger partial charge on any atom is 0.137 e. The lowest BCUT2D eigenvalue weighted by molar-refractivity contribution is 0.415. The van der Waals surface area contributed by atoms with E-state index in [4.69, 9.17) is 22.1 Å². The molecule has 0 spiro atoms. The maximum atomic E-state index is 6.07. The predicted molar refractivity (Wildman–Crippen MR) is 73.8 cm³/mol. The Morgan fingerprint density at radius 3 is 2.53 bits per heavy atom. The summed E-state index contributed by atoms with van der Waals surface area (Å²) >= 11 is 6.07. The van der Waals surface area contributed by atoms with Crippen molar-refractivity contribution in [2.24, 2.45) is 5.73 Å². The second kappa shape index (κ2) is 6.27. The molecule has 0 radical (unpaired) electrons. The predicted octanol–water partition coefficient (Wildman–Crippen LogP) is 3.80. The lowest BCUT2D eigenvalue weighted by Gasteiger charge is -2.17. The Hall–Kier alpha value is -0.730. The second-order valence-corrected chi connectivity index (χ2v) is 5.57. The molecule has 1 aromatic carbocycles. The fourth-order valence-electron chi connectivity index (χ4n) is 1.78. The highest BCUT2D eigenvalue weighted by atomic mass is 35.5. The Labute approximate surface area is 109 Å². The highest BCUT2D eigenvalue weighted by Gasteiger charge is 2.09. The molecule has 1 rings (SSSR count). The molecule has 2 nitrogen and oxygen atoms in total. The largest absolute Gasteiger partial charge is 0.495 e. The summed E-state index contributed by atoms with van der Waals surface area (Å²) in [5.41, 5.74) is 7.14. The van der Waals surface area contributed by atoms with E-state index in [1.807, 2.05) is 12.1 Å². The van der Waals surface area contributed by atoms with Gasteiger partial charge in [-0.3, -0.25) is 0 Å². The van der Waals surface area contributed by atoms with Crippen LogP contribution in [0.2, 0.25) is 5.02 Å². The van der Waals surface area contributed by atoms with Crippen molar-refractivity contribution in [3.05, 3.63) is 28.8 Å². The van der Waals surface area contributed by atoms with Crippen LogP contribution in [0.15, 0.2) is 18.2 Å². The topological polar surface area (TPSA) is 35.2 Å². The molecule has 1 aromatic rings. The molecule has 3 heteroatoms. The molecular weight excluding hydrogens is 234 g/mol. The minimum absolute atomic E-state index is 0.0580. The van der Waals surface area contributed by atoms with E-state index in [0.717, 1.165) is 31.4 Å². The molecule has 0 saturated heterocycles. The van der Waals surface area contributed by atoms with Crippen molar-refractivity contribution < 1.29 is 4.74 Å². The molecule has 17 heavy (non-hydrogen) atoms. The van der Waals surface area contributed by atoms with Crippen molar-refractivity contribution in [2.45, 2.75) is 45.1 Å². The van der Waals surface area contributed by atoms with Crippen molar-refractivity contribution in [3.8, 4) is 5.75 Å². The number of methoxy groups -OCH3 is 1. The number of hydrogen-bond acceptors (Lipinski definition) is 2. The quantitative estimate of drug-likeness (QED) is 0.785. The van der Waals surface area contributed by atoms with Gasteiger partial charge in [-0.25, -0.2) is 0 Å². The number of ether oxygens (including phenoxy) is 1. The third-order valence-corrected chi connectivity index (χ3v) is 3.05. The van der Waals surface area contributed by atoms with Crippen molar-refractivity contribution >= 4 is 11.6 Å². The van der Waals surface area contributed by atoms with Crippen LogP contribution in [0.25, 0.3) is 0 Å². The maximum absolute atomic E-state index is 6.07. The number of aryl methyl sites for hydroxylation is 1. The third-order valence-electron chi connectivity index (χ3n) is 2.75. The monoisotopic (exact) mass is 255 g/mol. The number of hydrogen-bond donors (Lipinski definition) is 1. The zero-order valence-electron chi connectivity index (χ0n) is 10.9. The normalized spacial score (nSPS) is 11.6. The van der Waals surface area contributed by atoms with Crippen molar-refractivity contribution in [3.63, 3.8) is 0 Å². The van der Waals surface area contributed by atoms with Gasteiger partial charge in [0.05, 0.1) is 12.1 Å². The highest BCUT2D eigenvalue weighted by molar-refractivity contribution is 6.32. The Bertz CT molecular complexity index is 358. The lowest BCUT2D eigenvalue weighted by Crippen LogP contribution is -2.31. The first-order valence-electron chi connectivity index (χ1n) is 6.04. The summed E-state index contributed by atoms with van der Waals surface area (Å²) in [6.45, 7) is 4.13. The summed E-state index contributed by atoms with van der Waals surface area (Å²) in [4.78, 5) is 0. The van der Waals surface area contributed by atoms with Crippen LogP contribution in [0.3, 0.4) is 0 Å². The molecule has 0 bridgehead atoms. The van der Waals surface area contributed by atoms with Crippen molar-refractivity contribution in [2.75, 3.05) is 7.11 Å². The SMILES string of the molecule is COc1ccc(CCCCC(C)(C)N)cc1Cl. The van der Waals surface area contributed by atoms with Crippen LogP contribution < -0.4 is 10.5 Å². The Kier molecular flexibility index (Phi) is 5.29. The van der Waals surface area contributed by atoms with Gasteiger partial charge in [-0.2, -0.15) is 0 Å². The number of halogens is 1. The van der Waals surface area contributed by atoms with Gasteiger partial charge in [0.15, 0.2) is 0 Å². The third kappa shape index (κ3) is 5.42. The molecule has 0 aliphatic carbocycles. The van der Waals surface area contributed by atoms with Gasteiger partial charge in [0, 0.05) is 5.54 Å². The standard InChI is InChI=1S/C14H22ClNO/c1-14(2,16)9-5-4-6-11-7-8-13(17-3)12(15)10-11/h7-8,10H,4-6,9,16H2,1-3H3. The molecular formula is C14H22ClNO. The molecule has 0 aliphatic heterocycles. The summed E-state index contributed by atoms with van der Waals surface area (Å²) in [6.07, 6.45) is 4.38. The van der Waals surface area contributed by atoms with Gasteiger partial charge in [-0.05, 0) is 50.8 Å². The van der Waals surface area contributed by atoms with Gasteiger partial charge >= 0.3 is 0 Å². The van der Waals surface area contributed by atoms with E-state index in [-0.39, 0.29) is 5.54 Å². The summed E-state index contributed by atoms with van der Waals surface area (Å²) in [5.74, 6) is 0.735. The Morgan fingerprint density at radius 2 is 2.00 bits per heavy atom. The van der Waals surface area contributed by atoms with Crippen LogP contribution in [0, 0.1) is 0 Å².